The number of nitrogens with one attached hydrogen (secondary N) is 2. The minimum atomic E-state index is -0.370. The topological polar surface area (TPSA) is 69.2 Å². The van der Waals surface area contributed by atoms with Crippen LogP contribution in [0.3, 0.4) is 0 Å². The highest BCUT2D eigenvalue weighted by Gasteiger charge is 2.31. The Morgan fingerprint density at radius 1 is 1.28 bits per heavy atom. The number of guanidine groups is 1. The zero-order chi connectivity index (χ0) is 22.2. The van der Waals surface area contributed by atoms with E-state index in [2.05, 4.69) is 20.5 Å². The molecule has 1 atom stereocenters. The van der Waals surface area contributed by atoms with Crippen LogP contribution in [0.4, 0.5) is 4.39 Å². The number of carbonyl (C=O) groups excluding carboxylic acids is 1. The summed E-state index contributed by atoms with van der Waals surface area (Å²) < 4.78 is 19.0. The first-order chi connectivity index (χ1) is 15.0. The largest absolute Gasteiger partial charge is 0.494 e. The van der Waals surface area contributed by atoms with Crippen molar-refractivity contribution >= 4 is 35.8 Å². The van der Waals surface area contributed by atoms with E-state index in [1.165, 1.54) is 19.6 Å². The minimum Gasteiger partial charge on any atom is -0.494 e. The molecule has 7 nitrogen and oxygen atoms in total. The summed E-state index contributed by atoms with van der Waals surface area (Å²) in [6.45, 7) is 9.70. The van der Waals surface area contributed by atoms with Crippen LogP contribution in [0.1, 0.15) is 44.7 Å². The first-order valence-electron chi connectivity index (χ1n) is 11.4. The van der Waals surface area contributed by atoms with Crippen molar-refractivity contribution in [3.8, 4) is 5.75 Å². The lowest BCUT2D eigenvalue weighted by Crippen LogP contribution is -2.51. The Kier molecular flexibility index (Phi) is 11.0. The molecule has 0 aromatic heterocycles. The molecule has 1 saturated carbocycles. The number of nitrogens with zero attached hydrogens (tertiary/aromatic N) is 3. The van der Waals surface area contributed by atoms with Gasteiger partial charge in [0.25, 0.3) is 0 Å². The van der Waals surface area contributed by atoms with E-state index in [0.29, 0.717) is 18.4 Å². The van der Waals surface area contributed by atoms with E-state index in [1.807, 2.05) is 24.8 Å². The normalized spacial score (nSPS) is 18.4. The maximum atomic E-state index is 14.0. The number of aliphatic imine (C=N–C) groups is 1. The molecule has 3 rings (SSSR count). The van der Waals surface area contributed by atoms with E-state index < -0.39 is 0 Å². The third-order valence-corrected chi connectivity index (χ3v) is 6.20. The second kappa shape index (κ2) is 13.2. The zero-order valence-electron chi connectivity index (χ0n) is 19.4. The molecule has 1 amide bonds. The molecule has 0 bridgehead atoms. The third kappa shape index (κ3) is 7.19. The molecule has 1 saturated heterocycles. The number of carbonyl (C=O) groups is 1. The molecule has 1 heterocycles. The van der Waals surface area contributed by atoms with Gasteiger partial charge < -0.3 is 20.3 Å². The molecule has 0 spiro atoms. The predicted octanol–water partition coefficient (Wildman–Crippen LogP) is 3.01. The summed E-state index contributed by atoms with van der Waals surface area (Å²) in [6, 6.07) is 4.89. The van der Waals surface area contributed by atoms with Crippen LogP contribution in [0.2, 0.25) is 0 Å². The Bertz CT molecular complexity index is 767. The van der Waals surface area contributed by atoms with Gasteiger partial charge in [-0.3, -0.25) is 14.7 Å². The second-order valence-corrected chi connectivity index (χ2v) is 8.32. The SMILES string of the molecule is CCNC(=NCCN1CCN(C(=O)C2CCC2)CC1)NC(C)c1ccc(OC)c(F)c1.I. The first kappa shape index (κ1) is 26.6. The lowest BCUT2D eigenvalue weighted by Gasteiger charge is -2.38. The van der Waals surface area contributed by atoms with Crippen LogP contribution in [0.25, 0.3) is 0 Å². The molecule has 1 aliphatic heterocycles. The lowest BCUT2D eigenvalue weighted by atomic mass is 9.84. The first-order valence-corrected chi connectivity index (χ1v) is 11.4. The molecule has 0 radical (unpaired) electrons. The summed E-state index contributed by atoms with van der Waals surface area (Å²) in [5, 5.41) is 6.60. The fourth-order valence-electron chi connectivity index (χ4n) is 3.97. The van der Waals surface area contributed by atoms with E-state index >= 15 is 0 Å². The van der Waals surface area contributed by atoms with Crippen molar-refractivity contribution in [1.82, 2.24) is 20.4 Å². The third-order valence-electron chi connectivity index (χ3n) is 6.20. The molecule has 2 aliphatic rings. The van der Waals surface area contributed by atoms with E-state index in [-0.39, 0.29) is 47.5 Å². The Morgan fingerprint density at radius 2 is 2.00 bits per heavy atom. The number of ether oxygens (including phenoxy) is 1. The van der Waals surface area contributed by atoms with Crippen molar-refractivity contribution in [2.45, 2.75) is 39.2 Å². The van der Waals surface area contributed by atoms with E-state index in [0.717, 1.165) is 57.7 Å². The molecule has 9 heteroatoms. The number of halogens is 2. The smallest absolute Gasteiger partial charge is 0.225 e. The molecule has 1 unspecified atom stereocenters. The molecule has 180 valence electrons. The van der Waals surface area contributed by atoms with Gasteiger partial charge in [0.1, 0.15) is 0 Å². The highest BCUT2D eigenvalue weighted by molar-refractivity contribution is 14.0. The van der Waals surface area contributed by atoms with E-state index in [9.17, 15) is 9.18 Å². The summed E-state index contributed by atoms with van der Waals surface area (Å²) >= 11 is 0. The number of piperazine rings is 1. The minimum absolute atomic E-state index is 0. The Hall–Kier alpha value is -1.62. The van der Waals surface area contributed by atoms with Crippen LogP contribution >= 0.6 is 24.0 Å². The van der Waals surface area contributed by atoms with Crippen LogP contribution in [-0.2, 0) is 4.79 Å². The number of hydrogen-bond donors (Lipinski definition) is 2. The van der Waals surface area contributed by atoms with Gasteiger partial charge in [-0.25, -0.2) is 4.39 Å². The molecule has 1 aromatic rings. The van der Waals surface area contributed by atoms with Gasteiger partial charge in [0.05, 0.1) is 19.7 Å². The number of rotatable bonds is 8. The van der Waals surface area contributed by atoms with Crippen LogP contribution in [0, 0.1) is 11.7 Å². The summed E-state index contributed by atoms with van der Waals surface area (Å²) in [5.41, 5.74) is 0.830. The molecule has 1 aliphatic carbocycles. The van der Waals surface area contributed by atoms with Crippen LogP contribution in [-0.4, -0.2) is 74.6 Å². The van der Waals surface area contributed by atoms with Gasteiger partial charge in [-0.15, -0.1) is 24.0 Å². The Balaban J connectivity index is 0.00000363. The number of amides is 1. The van der Waals surface area contributed by atoms with Crippen molar-refractivity contribution in [3.63, 3.8) is 0 Å². The van der Waals surface area contributed by atoms with Crippen molar-refractivity contribution in [2.24, 2.45) is 10.9 Å². The number of methoxy groups -OCH3 is 1. The average Bonchev–Trinajstić information content (AvgIpc) is 2.73. The fourth-order valence-corrected chi connectivity index (χ4v) is 3.97. The maximum absolute atomic E-state index is 14.0. The maximum Gasteiger partial charge on any atom is 0.225 e. The van der Waals surface area contributed by atoms with Gasteiger partial charge >= 0.3 is 0 Å². The Morgan fingerprint density at radius 3 is 2.56 bits per heavy atom. The van der Waals surface area contributed by atoms with Crippen molar-refractivity contribution in [1.29, 1.82) is 0 Å². The van der Waals surface area contributed by atoms with Crippen molar-refractivity contribution in [3.05, 3.63) is 29.6 Å². The molecular weight excluding hydrogens is 524 g/mol. The summed E-state index contributed by atoms with van der Waals surface area (Å²) in [4.78, 5) is 21.5. The monoisotopic (exact) mass is 561 g/mol. The van der Waals surface area contributed by atoms with E-state index in [4.69, 9.17) is 4.74 Å². The average molecular weight is 561 g/mol. The zero-order valence-corrected chi connectivity index (χ0v) is 21.7. The highest BCUT2D eigenvalue weighted by atomic mass is 127. The van der Waals surface area contributed by atoms with Gasteiger partial charge in [-0.2, -0.15) is 0 Å². The standard InChI is InChI=1S/C23H36FN5O2.HI/c1-4-25-23(27-17(2)19-8-9-21(31-3)20(24)16-19)26-10-11-28-12-14-29(15-13-28)22(30)18-6-5-7-18;/h8-9,16-18H,4-7,10-15H2,1-3H3,(H2,25,26,27);1H. The number of benzene rings is 1. The second-order valence-electron chi connectivity index (χ2n) is 8.32. The van der Waals surface area contributed by atoms with Crippen molar-refractivity contribution in [2.75, 3.05) is 52.9 Å². The van der Waals surface area contributed by atoms with Crippen molar-refractivity contribution < 1.29 is 13.9 Å². The van der Waals surface area contributed by atoms with Gasteiger partial charge in [0, 0.05) is 45.2 Å². The van der Waals surface area contributed by atoms with Gasteiger partial charge in [-0.1, -0.05) is 12.5 Å². The van der Waals surface area contributed by atoms with E-state index in [1.54, 1.807) is 6.07 Å². The number of hydrogen-bond acceptors (Lipinski definition) is 4. The molecule has 1 aromatic carbocycles. The quantitative estimate of drug-likeness (QED) is 0.290. The molecule has 2 N–H and O–H groups in total. The molecule has 32 heavy (non-hydrogen) atoms. The van der Waals surface area contributed by atoms with Gasteiger partial charge in [0.2, 0.25) is 5.91 Å². The summed E-state index contributed by atoms with van der Waals surface area (Å²) in [6.07, 6.45) is 3.33. The van der Waals surface area contributed by atoms with Crippen LogP contribution in [0.15, 0.2) is 23.2 Å². The Labute approximate surface area is 208 Å². The summed E-state index contributed by atoms with van der Waals surface area (Å²) in [5.74, 6) is 1.22. The molecule has 2 fully saturated rings. The van der Waals surface area contributed by atoms with Gasteiger partial charge in [0.15, 0.2) is 17.5 Å². The highest BCUT2D eigenvalue weighted by Crippen LogP contribution is 2.28. The predicted molar refractivity (Wildman–Crippen MR) is 136 cm³/mol. The molecular formula is C23H37FIN5O2. The van der Waals surface area contributed by atoms with Crippen LogP contribution < -0.4 is 15.4 Å². The fraction of sp³-hybridized carbons (Fsp3) is 0.652. The van der Waals surface area contributed by atoms with Gasteiger partial charge in [-0.05, 0) is 44.4 Å². The lowest BCUT2D eigenvalue weighted by molar-refractivity contribution is -0.139. The van der Waals surface area contributed by atoms with Crippen LogP contribution in [0.5, 0.6) is 5.75 Å². The summed E-state index contributed by atoms with van der Waals surface area (Å²) in [7, 11) is 1.46.